The molecule has 5 nitrogen and oxygen atoms in total. The summed E-state index contributed by atoms with van der Waals surface area (Å²) in [6.07, 6.45) is 4.51. The van der Waals surface area contributed by atoms with Gasteiger partial charge in [0.1, 0.15) is 11.5 Å². The normalized spacial score (nSPS) is 16.9. The molecule has 0 unspecified atom stereocenters. The number of hydrogen-bond donors (Lipinski definition) is 1. The fourth-order valence-corrected chi connectivity index (χ4v) is 9.15. The standard InChI is InChI=1S/C34H43NO4Si/c1-34(2,3)26-10-8-25(9-11-26)31-15-12-27(38-4)21-32(31)35-18-16-24(17-19-35)22-39-28-6-5-7-30(20-28)40(23-33(36)37)29-13-14-29/h5-12,15,20-21,24,29,40H,13-14,16-19,22-23H2,1-4H3,(H,36,37)/t40-/m0/s1. The molecule has 1 saturated carbocycles. The largest absolute Gasteiger partial charge is 0.497 e. The summed E-state index contributed by atoms with van der Waals surface area (Å²) < 4.78 is 11.9. The van der Waals surface area contributed by atoms with Gasteiger partial charge in [-0.05, 0) is 65.1 Å². The second-order valence-corrected chi connectivity index (χ2v) is 15.8. The Balaban J connectivity index is 1.23. The number of piperidine rings is 1. The van der Waals surface area contributed by atoms with Crippen LogP contribution < -0.4 is 19.6 Å². The van der Waals surface area contributed by atoms with Crippen LogP contribution in [0.3, 0.4) is 0 Å². The minimum atomic E-state index is -1.49. The van der Waals surface area contributed by atoms with Gasteiger partial charge in [0.2, 0.25) is 0 Å². The van der Waals surface area contributed by atoms with Crippen LogP contribution >= 0.6 is 0 Å². The molecule has 3 aromatic rings. The van der Waals surface area contributed by atoms with Gasteiger partial charge in [-0.25, -0.2) is 0 Å². The van der Waals surface area contributed by atoms with Gasteiger partial charge >= 0.3 is 5.97 Å². The molecule has 1 heterocycles. The van der Waals surface area contributed by atoms with E-state index >= 15 is 0 Å². The third-order valence-corrected chi connectivity index (χ3v) is 12.4. The van der Waals surface area contributed by atoms with E-state index in [-0.39, 0.29) is 5.41 Å². The molecule has 40 heavy (non-hydrogen) atoms. The number of aliphatic carboxylic acids is 1. The third-order valence-electron chi connectivity index (χ3n) is 8.58. The summed E-state index contributed by atoms with van der Waals surface area (Å²) in [6.45, 7) is 9.39. The van der Waals surface area contributed by atoms with Crippen molar-refractivity contribution < 1.29 is 19.4 Å². The number of hydrogen-bond acceptors (Lipinski definition) is 4. The summed E-state index contributed by atoms with van der Waals surface area (Å²) in [6, 6.07) is 24.0. The fourth-order valence-electron chi connectivity index (χ4n) is 5.93. The van der Waals surface area contributed by atoms with Crippen LogP contribution in [0.4, 0.5) is 5.69 Å². The minimum Gasteiger partial charge on any atom is -0.497 e. The highest BCUT2D eigenvalue weighted by atomic mass is 28.3. The lowest BCUT2D eigenvalue weighted by Gasteiger charge is -2.35. The maximum absolute atomic E-state index is 11.4. The Morgan fingerprint density at radius 1 is 0.950 bits per heavy atom. The van der Waals surface area contributed by atoms with Gasteiger partial charge in [0.15, 0.2) is 0 Å². The molecule has 0 aromatic heterocycles. The first-order valence-electron chi connectivity index (χ1n) is 14.7. The average Bonchev–Trinajstić information content (AvgIpc) is 3.80. The Labute approximate surface area is 240 Å². The second kappa shape index (κ2) is 12.1. The van der Waals surface area contributed by atoms with Crippen LogP contribution in [0.15, 0.2) is 66.7 Å². The summed E-state index contributed by atoms with van der Waals surface area (Å²) >= 11 is 0. The topological polar surface area (TPSA) is 59.0 Å². The number of carbonyl (C=O) groups is 1. The molecular weight excluding hydrogens is 514 g/mol. The highest BCUT2D eigenvalue weighted by Gasteiger charge is 2.35. The average molecular weight is 558 g/mol. The Hall–Kier alpha value is -3.25. The van der Waals surface area contributed by atoms with E-state index in [9.17, 15) is 9.90 Å². The number of carboxylic acid groups (broad SMARTS) is 1. The summed E-state index contributed by atoms with van der Waals surface area (Å²) in [4.78, 5) is 13.9. The molecule has 0 spiro atoms. The molecule has 5 rings (SSSR count). The molecular formula is C34H43NO4Si. The molecule has 212 valence electrons. The van der Waals surface area contributed by atoms with Gasteiger partial charge in [0.25, 0.3) is 0 Å². The molecule has 2 fully saturated rings. The Morgan fingerprint density at radius 3 is 2.30 bits per heavy atom. The predicted molar refractivity (Wildman–Crippen MR) is 166 cm³/mol. The van der Waals surface area contributed by atoms with Crippen LogP contribution in [0, 0.1) is 5.92 Å². The van der Waals surface area contributed by atoms with E-state index in [0.717, 1.165) is 37.4 Å². The first kappa shape index (κ1) is 28.3. The molecule has 2 aliphatic rings. The van der Waals surface area contributed by atoms with Crippen LogP contribution in [0.5, 0.6) is 11.5 Å². The second-order valence-electron chi connectivity index (χ2n) is 12.6. The fraction of sp³-hybridized carbons (Fsp3) is 0.441. The molecule has 0 radical (unpaired) electrons. The smallest absolute Gasteiger partial charge is 0.300 e. The third kappa shape index (κ3) is 6.90. The highest BCUT2D eigenvalue weighted by molar-refractivity contribution is 6.77. The van der Waals surface area contributed by atoms with E-state index in [1.54, 1.807) is 7.11 Å². The summed E-state index contributed by atoms with van der Waals surface area (Å²) in [5, 5.41) is 10.6. The van der Waals surface area contributed by atoms with Gasteiger partial charge in [-0.3, -0.25) is 4.79 Å². The van der Waals surface area contributed by atoms with Gasteiger partial charge in [-0.2, -0.15) is 0 Å². The van der Waals surface area contributed by atoms with Crippen molar-refractivity contribution >= 4 is 25.6 Å². The molecule has 1 aliphatic heterocycles. The monoisotopic (exact) mass is 557 g/mol. The first-order valence-corrected chi connectivity index (χ1v) is 16.8. The van der Waals surface area contributed by atoms with E-state index in [1.807, 2.05) is 12.1 Å². The number of nitrogens with zero attached hydrogens (tertiary/aromatic N) is 1. The molecule has 6 heteroatoms. The van der Waals surface area contributed by atoms with Crippen molar-refractivity contribution in [2.75, 3.05) is 31.7 Å². The zero-order chi connectivity index (χ0) is 28.3. The van der Waals surface area contributed by atoms with Crippen molar-refractivity contribution in [2.24, 2.45) is 5.92 Å². The lowest BCUT2D eigenvalue weighted by Crippen LogP contribution is -2.36. The number of rotatable bonds is 10. The van der Waals surface area contributed by atoms with Crippen LogP contribution in [-0.2, 0) is 10.2 Å². The number of ether oxygens (including phenoxy) is 2. The summed E-state index contributed by atoms with van der Waals surface area (Å²) in [5.74, 6) is 1.60. The molecule has 1 atom stereocenters. The lowest BCUT2D eigenvalue weighted by atomic mass is 9.86. The van der Waals surface area contributed by atoms with Crippen LogP contribution in [0.2, 0.25) is 11.6 Å². The predicted octanol–water partition coefficient (Wildman–Crippen LogP) is 6.64. The molecule has 1 N–H and O–H groups in total. The molecule has 1 aliphatic carbocycles. The zero-order valence-corrected chi connectivity index (χ0v) is 25.5. The van der Waals surface area contributed by atoms with Crippen molar-refractivity contribution in [3.8, 4) is 22.6 Å². The van der Waals surface area contributed by atoms with Crippen molar-refractivity contribution in [3.05, 3.63) is 72.3 Å². The van der Waals surface area contributed by atoms with Gasteiger partial charge in [-0.15, -0.1) is 0 Å². The molecule has 0 bridgehead atoms. The summed E-state index contributed by atoms with van der Waals surface area (Å²) in [7, 11) is 0.240. The first-order chi connectivity index (χ1) is 19.2. The van der Waals surface area contributed by atoms with E-state index in [2.05, 4.69) is 80.3 Å². The molecule has 3 aromatic carbocycles. The molecule has 1 saturated heterocycles. The van der Waals surface area contributed by atoms with Gasteiger partial charge in [0.05, 0.1) is 22.5 Å². The highest BCUT2D eigenvalue weighted by Crippen LogP contribution is 2.41. The van der Waals surface area contributed by atoms with Crippen LogP contribution in [-0.4, -0.2) is 46.7 Å². The van der Waals surface area contributed by atoms with E-state index in [4.69, 9.17) is 9.47 Å². The Bertz CT molecular complexity index is 1300. The van der Waals surface area contributed by atoms with Crippen molar-refractivity contribution in [3.63, 3.8) is 0 Å². The van der Waals surface area contributed by atoms with E-state index in [1.165, 1.54) is 40.4 Å². The lowest BCUT2D eigenvalue weighted by molar-refractivity contribution is -0.134. The number of carboxylic acids is 1. The van der Waals surface area contributed by atoms with E-state index < -0.39 is 14.8 Å². The van der Waals surface area contributed by atoms with Gasteiger partial charge in [0, 0.05) is 36.5 Å². The minimum absolute atomic E-state index is 0.131. The quantitative estimate of drug-likeness (QED) is 0.283. The van der Waals surface area contributed by atoms with Gasteiger partial charge in [-0.1, -0.05) is 75.2 Å². The van der Waals surface area contributed by atoms with Crippen molar-refractivity contribution in [2.45, 2.75) is 63.5 Å². The Morgan fingerprint density at radius 2 is 1.68 bits per heavy atom. The SMILES string of the molecule is COc1ccc(-c2ccc(C(C)(C)C)cc2)c(N2CCC(COc3cccc([Si@@H](CC(=O)O)C4CC4)c3)CC2)c1. The maximum atomic E-state index is 11.4. The molecule has 0 amide bonds. The van der Waals surface area contributed by atoms with Crippen LogP contribution in [0.1, 0.15) is 52.0 Å². The van der Waals surface area contributed by atoms with Gasteiger partial charge < -0.3 is 19.5 Å². The number of benzene rings is 3. The summed E-state index contributed by atoms with van der Waals surface area (Å²) in [5.41, 5.74) is 5.80. The van der Waals surface area contributed by atoms with Crippen molar-refractivity contribution in [1.29, 1.82) is 0 Å². The Kier molecular flexibility index (Phi) is 8.55. The number of methoxy groups -OCH3 is 1. The zero-order valence-electron chi connectivity index (χ0n) is 24.4. The van der Waals surface area contributed by atoms with Crippen LogP contribution in [0.25, 0.3) is 11.1 Å². The number of anilines is 1. The van der Waals surface area contributed by atoms with Crippen molar-refractivity contribution in [1.82, 2.24) is 0 Å². The maximum Gasteiger partial charge on any atom is 0.300 e. The van der Waals surface area contributed by atoms with E-state index in [0.29, 0.717) is 24.1 Å².